The summed E-state index contributed by atoms with van der Waals surface area (Å²) < 4.78 is 32.8. The first-order chi connectivity index (χ1) is 11.9. The summed E-state index contributed by atoms with van der Waals surface area (Å²) in [5, 5.41) is 3.37. The molecule has 2 aromatic rings. The molecule has 0 atom stereocenters. The highest BCUT2D eigenvalue weighted by molar-refractivity contribution is 7.91. The molecule has 25 heavy (non-hydrogen) atoms. The summed E-state index contributed by atoms with van der Waals surface area (Å²) in [7, 11) is -4.80. The minimum absolute atomic E-state index is 0.0356. The molecule has 2 aromatic carbocycles. The Morgan fingerprint density at radius 2 is 1.72 bits per heavy atom. The molecular formula is C17H13N3O4S. The molecular weight excluding hydrogens is 342 g/mol. The van der Waals surface area contributed by atoms with E-state index >= 15 is 0 Å². The Kier molecular flexibility index (Phi) is 5.51. The lowest BCUT2D eigenvalue weighted by molar-refractivity contribution is 0.104. The van der Waals surface area contributed by atoms with Crippen LogP contribution >= 0.6 is 0 Å². The van der Waals surface area contributed by atoms with E-state index in [4.69, 9.17) is 5.53 Å². The van der Waals surface area contributed by atoms with E-state index in [1.807, 2.05) is 0 Å². The Morgan fingerprint density at radius 3 is 2.28 bits per heavy atom. The number of Topliss-reactive ketones (excluding diaryl/α,β-unsaturated/α-hetero) is 1. The van der Waals surface area contributed by atoms with Crippen LogP contribution in [0.2, 0.25) is 0 Å². The monoisotopic (exact) mass is 355 g/mol. The van der Waals surface area contributed by atoms with E-state index in [1.54, 1.807) is 30.3 Å². The van der Waals surface area contributed by atoms with Gasteiger partial charge in [0, 0.05) is 16.2 Å². The van der Waals surface area contributed by atoms with Crippen molar-refractivity contribution in [2.75, 3.05) is 0 Å². The van der Waals surface area contributed by atoms with E-state index < -0.39 is 20.8 Å². The fourth-order valence-corrected chi connectivity index (χ4v) is 2.70. The van der Waals surface area contributed by atoms with Crippen LogP contribution in [0.15, 0.2) is 65.1 Å². The highest BCUT2D eigenvalue weighted by Gasteiger charge is 2.25. The third-order valence-electron chi connectivity index (χ3n) is 3.27. The van der Waals surface area contributed by atoms with Gasteiger partial charge in [0.05, 0.1) is 0 Å². The Bertz CT molecular complexity index is 1000. The van der Waals surface area contributed by atoms with Crippen LogP contribution in [0.1, 0.15) is 21.5 Å². The zero-order chi connectivity index (χ0) is 18.4. The maximum Gasteiger partial charge on any atom is 0.298 e. The van der Waals surface area contributed by atoms with Gasteiger partial charge in [0.25, 0.3) is 10.1 Å². The van der Waals surface area contributed by atoms with Gasteiger partial charge >= 0.3 is 0 Å². The van der Waals surface area contributed by atoms with Crippen molar-refractivity contribution in [2.24, 2.45) is 5.11 Å². The summed E-state index contributed by atoms with van der Waals surface area (Å²) >= 11 is 0. The lowest BCUT2D eigenvalue weighted by atomic mass is 10.1. The largest absolute Gasteiger partial charge is 0.298 e. The number of carbonyl (C=O) groups is 1. The Labute approximate surface area is 144 Å². The molecule has 2 rings (SSSR count). The van der Waals surface area contributed by atoms with Crippen molar-refractivity contribution in [3.05, 3.63) is 87.1 Å². The molecule has 0 aromatic heterocycles. The van der Waals surface area contributed by atoms with Crippen LogP contribution in [0.4, 0.5) is 5.69 Å². The summed E-state index contributed by atoms with van der Waals surface area (Å²) in [5.74, 6) is -0.974. The number of ketones is 1. The molecule has 0 radical (unpaired) electrons. The molecule has 0 heterocycles. The number of carbonyl (C=O) groups excluding carboxylic acids is 1. The van der Waals surface area contributed by atoms with Gasteiger partial charge in [0.2, 0.25) is 5.78 Å². The zero-order valence-corrected chi connectivity index (χ0v) is 13.7. The van der Waals surface area contributed by atoms with Crippen LogP contribution in [-0.4, -0.2) is 18.8 Å². The van der Waals surface area contributed by atoms with Crippen LogP contribution in [0.25, 0.3) is 22.6 Å². The normalized spacial score (nSPS) is 11.5. The van der Waals surface area contributed by atoms with Gasteiger partial charge in [-0.05, 0) is 22.7 Å². The van der Waals surface area contributed by atoms with Crippen molar-refractivity contribution in [2.45, 2.75) is 0 Å². The number of hydrogen-bond donors (Lipinski definition) is 1. The van der Waals surface area contributed by atoms with E-state index in [9.17, 15) is 17.8 Å². The van der Waals surface area contributed by atoms with Crippen molar-refractivity contribution in [1.82, 2.24) is 0 Å². The first-order valence-electron chi connectivity index (χ1n) is 6.97. The smallest absolute Gasteiger partial charge is 0.288 e. The van der Waals surface area contributed by atoms with Crippen molar-refractivity contribution in [1.29, 1.82) is 0 Å². The molecule has 0 bridgehead atoms. The number of benzene rings is 2. The molecule has 7 nitrogen and oxygen atoms in total. The molecule has 0 amide bonds. The molecule has 0 aliphatic heterocycles. The molecule has 0 aliphatic carbocycles. The fourth-order valence-electron chi connectivity index (χ4n) is 2.07. The minimum atomic E-state index is -4.80. The lowest BCUT2D eigenvalue weighted by Crippen LogP contribution is -2.13. The quantitative estimate of drug-likeness (QED) is 0.206. The van der Waals surface area contributed by atoms with Crippen molar-refractivity contribution in [3.8, 4) is 0 Å². The molecule has 0 fully saturated rings. The van der Waals surface area contributed by atoms with Gasteiger partial charge in [0.15, 0.2) is 0 Å². The molecule has 0 unspecified atom stereocenters. The maximum absolute atomic E-state index is 12.6. The van der Waals surface area contributed by atoms with Gasteiger partial charge in [-0.25, -0.2) is 0 Å². The summed E-state index contributed by atoms with van der Waals surface area (Å²) in [6.07, 6.45) is 2.66. The van der Waals surface area contributed by atoms with Crippen LogP contribution in [0.5, 0.6) is 0 Å². The number of rotatable bonds is 6. The molecule has 0 aliphatic rings. The van der Waals surface area contributed by atoms with E-state index in [0.29, 0.717) is 5.56 Å². The maximum atomic E-state index is 12.6. The highest BCUT2D eigenvalue weighted by Crippen LogP contribution is 2.25. The van der Waals surface area contributed by atoms with Crippen LogP contribution in [0.3, 0.4) is 0 Å². The van der Waals surface area contributed by atoms with Crippen LogP contribution < -0.4 is 0 Å². The molecule has 126 valence electrons. The Hall–Kier alpha value is -3.19. The zero-order valence-electron chi connectivity index (χ0n) is 12.9. The highest BCUT2D eigenvalue weighted by atomic mass is 32.2. The average molecular weight is 355 g/mol. The lowest BCUT2D eigenvalue weighted by Gasteiger charge is -2.07. The van der Waals surface area contributed by atoms with E-state index in [0.717, 1.165) is 11.6 Å². The number of nitrogens with zero attached hydrogens (tertiary/aromatic N) is 3. The number of azide groups is 1. The molecule has 0 saturated carbocycles. The second-order valence-electron chi connectivity index (χ2n) is 4.89. The van der Waals surface area contributed by atoms with Gasteiger partial charge in [-0.2, -0.15) is 8.42 Å². The first kappa shape index (κ1) is 18.2. The molecule has 0 saturated heterocycles. The number of allylic oxidation sites excluding steroid dienone is 1. The van der Waals surface area contributed by atoms with Gasteiger partial charge in [-0.1, -0.05) is 66.3 Å². The Morgan fingerprint density at radius 1 is 1.12 bits per heavy atom. The van der Waals surface area contributed by atoms with E-state index in [-0.39, 0.29) is 11.3 Å². The number of hydrogen-bond acceptors (Lipinski definition) is 4. The third kappa shape index (κ3) is 4.42. The van der Waals surface area contributed by atoms with Gasteiger partial charge in [-0.15, -0.1) is 0 Å². The second-order valence-corrected chi connectivity index (χ2v) is 6.28. The average Bonchev–Trinajstić information content (AvgIpc) is 2.59. The van der Waals surface area contributed by atoms with Crippen molar-refractivity contribution in [3.63, 3.8) is 0 Å². The molecule has 1 N–H and O–H groups in total. The van der Waals surface area contributed by atoms with E-state index in [2.05, 4.69) is 16.6 Å². The summed E-state index contributed by atoms with van der Waals surface area (Å²) in [5.41, 5.74) is 9.60. The fraction of sp³-hybridized carbons (Fsp3) is 0. The van der Waals surface area contributed by atoms with Crippen molar-refractivity contribution >= 4 is 33.7 Å². The van der Waals surface area contributed by atoms with Gasteiger partial charge in [0.1, 0.15) is 4.91 Å². The van der Waals surface area contributed by atoms with Crippen LogP contribution in [-0.2, 0) is 10.1 Å². The predicted octanol–water partition coefficient (Wildman–Crippen LogP) is 4.38. The first-order valence-corrected chi connectivity index (χ1v) is 8.41. The summed E-state index contributed by atoms with van der Waals surface area (Å²) in [6, 6.07) is 12.2. The SMILES string of the molecule is C=Cc1ccc(C=C(C(=O)c2ccccc2N=[N+]=[N-])S(=O)(=O)O)cc1. The van der Waals surface area contributed by atoms with Crippen molar-refractivity contribution < 1.29 is 17.8 Å². The topological polar surface area (TPSA) is 120 Å². The van der Waals surface area contributed by atoms with Gasteiger partial charge < -0.3 is 0 Å². The third-order valence-corrected chi connectivity index (χ3v) is 4.13. The Balaban J connectivity index is 2.58. The van der Waals surface area contributed by atoms with Crippen LogP contribution in [0, 0.1) is 0 Å². The van der Waals surface area contributed by atoms with Gasteiger partial charge in [-0.3, -0.25) is 9.35 Å². The summed E-state index contributed by atoms with van der Waals surface area (Å²) in [6.45, 7) is 3.61. The predicted molar refractivity (Wildman–Crippen MR) is 95.6 cm³/mol. The minimum Gasteiger partial charge on any atom is -0.288 e. The molecule has 8 heteroatoms. The standard InChI is InChI=1S/C17H13N3O4S/c1-2-12-7-9-13(10-8-12)11-16(25(22,23)24)17(21)14-5-3-4-6-15(14)19-20-18/h2-11H,1H2,(H,22,23,24). The second kappa shape index (κ2) is 7.59. The van der Waals surface area contributed by atoms with E-state index in [1.165, 1.54) is 24.3 Å². The summed E-state index contributed by atoms with van der Waals surface area (Å²) in [4.78, 5) is 14.4. The molecule has 0 spiro atoms.